The van der Waals surface area contributed by atoms with Gasteiger partial charge in [0.15, 0.2) is 0 Å². The van der Waals surface area contributed by atoms with Crippen molar-refractivity contribution in [2.45, 2.75) is 32.4 Å². The Balaban J connectivity index is 2.78. The predicted octanol–water partition coefficient (Wildman–Crippen LogP) is 2.72. The molecule has 0 aliphatic heterocycles. The van der Waals surface area contributed by atoms with Crippen molar-refractivity contribution in [2.24, 2.45) is 0 Å². The van der Waals surface area contributed by atoms with E-state index in [4.69, 9.17) is 11.6 Å². The zero-order valence-corrected chi connectivity index (χ0v) is 14.1. The van der Waals surface area contributed by atoms with Gasteiger partial charge in [-0.15, -0.1) is 0 Å². The maximum Gasteiger partial charge on any atom is 0.253 e. The number of halogens is 1. The van der Waals surface area contributed by atoms with Crippen LogP contribution in [0, 0.1) is 0 Å². The summed E-state index contributed by atoms with van der Waals surface area (Å²) in [6, 6.07) is 6.28. The van der Waals surface area contributed by atoms with E-state index in [9.17, 15) is 9.59 Å². The molecule has 0 saturated heterocycles. The van der Waals surface area contributed by atoms with Crippen molar-refractivity contribution in [3.05, 3.63) is 34.9 Å². The highest BCUT2D eigenvalue weighted by Crippen LogP contribution is 2.15. The number of hydrogen-bond acceptors (Lipinski definition) is 3. The summed E-state index contributed by atoms with van der Waals surface area (Å²) in [6.07, 6.45) is 2.54. The third-order valence-corrected chi connectivity index (χ3v) is 3.76. The van der Waals surface area contributed by atoms with Crippen molar-refractivity contribution in [1.29, 1.82) is 0 Å². The van der Waals surface area contributed by atoms with Crippen LogP contribution in [-0.4, -0.2) is 35.9 Å². The highest BCUT2D eigenvalue weighted by molar-refractivity contribution is 7.98. The van der Waals surface area contributed by atoms with Gasteiger partial charge >= 0.3 is 0 Å². The molecule has 1 unspecified atom stereocenters. The van der Waals surface area contributed by atoms with Crippen molar-refractivity contribution in [3.63, 3.8) is 0 Å². The predicted molar refractivity (Wildman–Crippen MR) is 89.0 cm³/mol. The number of nitrogens with one attached hydrogen (secondary N) is 2. The van der Waals surface area contributed by atoms with E-state index in [1.54, 1.807) is 36.0 Å². The van der Waals surface area contributed by atoms with Gasteiger partial charge in [-0.05, 0) is 44.4 Å². The Bertz CT molecular complexity index is 494. The number of thioether (sulfide) groups is 1. The van der Waals surface area contributed by atoms with Gasteiger partial charge in [0.05, 0.1) is 10.6 Å². The van der Waals surface area contributed by atoms with Crippen LogP contribution < -0.4 is 10.6 Å². The second-order valence-electron chi connectivity index (χ2n) is 4.95. The molecule has 4 nitrogen and oxygen atoms in total. The minimum absolute atomic E-state index is 0.0338. The quantitative estimate of drug-likeness (QED) is 0.809. The van der Waals surface area contributed by atoms with Gasteiger partial charge in [0.25, 0.3) is 5.91 Å². The van der Waals surface area contributed by atoms with E-state index >= 15 is 0 Å². The molecule has 0 bridgehead atoms. The molecule has 21 heavy (non-hydrogen) atoms. The summed E-state index contributed by atoms with van der Waals surface area (Å²) < 4.78 is 0. The number of carbonyl (C=O) groups is 2. The Hall–Kier alpha value is -1.20. The molecule has 0 heterocycles. The number of hydrogen-bond donors (Lipinski definition) is 2. The fourth-order valence-electron chi connectivity index (χ4n) is 1.77. The normalized spacial score (nSPS) is 12.0. The maximum atomic E-state index is 12.2. The number of rotatable bonds is 7. The molecule has 0 radical (unpaired) electrons. The molecule has 1 aromatic carbocycles. The molecule has 2 amide bonds. The molecule has 2 N–H and O–H groups in total. The molecule has 6 heteroatoms. The molecule has 0 aliphatic carbocycles. The van der Waals surface area contributed by atoms with Crippen LogP contribution in [0.25, 0.3) is 0 Å². The lowest BCUT2D eigenvalue weighted by molar-refractivity contribution is -0.123. The molecule has 1 aromatic rings. The minimum atomic E-state index is -0.552. The van der Waals surface area contributed by atoms with E-state index in [1.807, 2.05) is 20.1 Å². The monoisotopic (exact) mass is 328 g/mol. The third-order valence-electron chi connectivity index (χ3n) is 2.78. The van der Waals surface area contributed by atoms with Gasteiger partial charge in [-0.2, -0.15) is 11.8 Å². The van der Waals surface area contributed by atoms with Gasteiger partial charge in [0, 0.05) is 6.04 Å². The topological polar surface area (TPSA) is 58.2 Å². The summed E-state index contributed by atoms with van der Waals surface area (Å²) in [5.41, 5.74) is 0.380. The van der Waals surface area contributed by atoms with E-state index in [0.29, 0.717) is 17.0 Å². The van der Waals surface area contributed by atoms with E-state index in [2.05, 4.69) is 10.6 Å². The number of amides is 2. The Labute approximate surface area is 135 Å². The second-order valence-corrected chi connectivity index (χ2v) is 6.34. The standard InChI is InChI=1S/C15H21ClN2O2S/c1-10(2)17-15(20)13(8-9-21-3)18-14(19)11-6-4-5-7-12(11)16/h4-7,10,13H,8-9H2,1-3H3,(H,17,20)(H,18,19). The molecule has 116 valence electrons. The Kier molecular flexibility index (Phi) is 7.61. The van der Waals surface area contributed by atoms with E-state index in [-0.39, 0.29) is 17.9 Å². The van der Waals surface area contributed by atoms with Gasteiger partial charge in [0.1, 0.15) is 6.04 Å². The van der Waals surface area contributed by atoms with Crippen molar-refractivity contribution in [3.8, 4) is 0 Å². The number of benzene rings is 1. The molecule has 1 atom stereocenters. The molecule has 0 aromatic heterocycles. The molecule has 0 spiro atoms. The summed E-state index contributed by atoms with van der Waals surface area (Å²) in [6.45, 7) is 3.78. The van der Waals surface area contributed by atoms with Gasteiger partial charge in [-0.1, -0.05) is 23.7 Å². The van der Waals surface area contributed by atoms with Crippen LogP contribution in [0.2, 0.25) is 5.02 Å². The highest BCUT2D eigenvalue weighted by atomic mass is 35.5. The molecule has 0 fully saturated rings. The van der Waals surface area contributed by atoms with Crippen molar-refractivity contribution in [2.75, 3.05) is 12.0 Å². The Morgan fingerprint density at radius 3 is 2.48 bits per heavy atom. The summed E-state index contributed by atoms with van der Waals surface area (Å²) in [5, 5.41) is 5.97. The van der Waals surface area contributed by atoms with Crippen LogP contribution in [-0.2, 0) is 4.79 Å². The second kappa shape index (κ2) is 8.95. The number of carbonyl (C=O) groups excluding carboxylic acids is 2. The lowest BCUT2D eigenvalue weighted by Crippen LogP contribution is -2.48. The first kappa shape index (κ1) is 17.9. The van der Waals surface area contributed by atoms with Crippen molar-refractivity contribution < 1.29 is 9.59 Å². The molecule has 1 rings (SSSR count). The first-order valence-corrected chi connectivity index (χ1v) is 8.57. The zero-order valence-electron chi connectivity index (χ0n) is 12.5. The summed E-state index contributed by atoms with van der Waals surface area (Å²) >= 11 is 7.64. The van der Waals surface area contributed by atoms with Crippen molar-refractivity contribution in [1.82, 2.24) is 10.6 Å². The molecule has 0 saturated carbocycles. The average molecular weight is 329 g/mol. The minimum Gasteiger partial charge on any atom is -0.352 e. The van der Waals surface area contributed by atoms with Gasteiger partial charge < -0.3 is 10.6 Å². The maximum absolute atomic E-state index is 12.2. The largest absolute Gasteiger partial charge is 0.352 e. The Morgan fingerprint density at radius 1 is 1.24 bits per heavy atom. The van der Waals surface area contributed by atoms with Crippen molar-refractivity contribution >= 4 is 35.2 Å². The summed E-state index contributed by atoms with van der Waals surface area (Å²) in [4.78, 5) is 24.4. The van der Waals surface area contributed by atoms with Crippen LogP contribution >= 0.6 is 23.4 Å². The first-order chi connectivity index (χ1) is 9.95. The van der Waals surface area contributed by atoms with Gasteiger partial charge in [0.2, 0.25) is 5.91 Å². The van der Waals surface area contributed by atoms with Crippen LogP contribution in [0.15, 0.2) is 24.3 Å². The van der Waals surface area contributed by atoms with E-state index in [0.717, 1.165) is 5.75 Å². The summed E-state index contributed by atoms with van der Waals surface area (Å²) in [7, 11) is 0. The molecular weight excluding hydrogens is 308 g/mol. The zero-order chi connectivity index (χ0) is 15.8. The van der Waals surface area contributed by atoms with Crippen LogP contribution in [0.4, 0.5) is 0 Å². The lowest BCUT2D eigenvalue weighted by Gasteiger charge is -2.20. The third kappa shape index (κ3) is 5.98. The molecule has 0 aliphatic rings. The van der Waals surface area contributed by atoms with Gasteiger partial charge in [-0.25, -0.2) is 0 Å². The van der Waals surface area contributed by atoms with Gasteiger partial charge in [-0.3, -0.25) is 9.59 Å². The fraction of sp³-hybridized carbons (Fsp3) is 0.467. The SMILES string of the molecule is CSCCC(NC(=O)c1ccccc1Cl)C(=O)NC(C)C. The van der Waals surface area contributed by atoms with E-state index in [1.165, 1.54) is 0 Å². The first-order valence-electron chi connectivity index (χ1n) is 6.80. The average Bonchev–Trinajstić information content (AvgIpc) is 2.42. The molecular formula is C15H21ClN2O2S. The van der Waals surface area contributed by atoms with Crippen LogP contribution in [0.1, 0.15) is 30.6 Å². The Morgan fingerprint density at radius 2 is 1.90 bits per heavy atom. The highest BCUT2D eigenvalue weighted by Gasteiger charge is 2.22. The lowest BCUT2D eigenvalue weighted by atomic mass is 10.1. The summed E-state index contributed by atoms with van der Waals surface area (Å²) in [5.74, 6) is 0.295. The fourth-order valence-corrected chi connectivity index (χ4v) is 2.46. The van der Waals surface area contributed by atoms with Crippen LogP contribution in [0.5, 0.6) is 0 Å². The van der Waals surface area contributed by atoms with E-state index < -0.39 is 6.04 Å². The van der Waals surface area contributed by atoms with Crippen LogP contribution in [0.3, 0.4) is 0 Å². The smallest absolute Gasteiger partial charge is 0.253 e.